The number of hydrogen-bond acceptors (Lipinski definition) is 12. The maximum atomic E-state index is 11.4. The largest absolute Gasteiger partial charge is 0.394 e. The van der Waals surface area contributed by atoms with Gasteiger partial charge in [0.1, 0.15) is 36.1 Å². The predicted octanol–water partition coefficient (Wildman–Crippen LogP) is -2.24. The van der Waals surface area contributed by atoms with Gasteiger partial charge in [-0.05, 0) is 31.1 Å². The highest BCUT2D eigenvalue weighted by Crippen LogP contribution is 2.49. The first-order valence-corrected chi connectivity index (χ1v) is 12.3. The van der Waals surface area contributed by atoms with Crippen LogP contribution in [0, 0.1) is 11.3 Å². The molecular weight excluding hydrogens is 480 g/mol. The van der Waals surface area contributed by atoms with Gasteiger partial charge < -0.3 is 59.8 Å². The first-order valence-electron chi connectivity index (χ1n) is 12.3. The average Bonchev–Trinajstić information content (AvgIpc) is 3.09. The Morgan fingerprint density at radius 3 is 2.25 bits per heavy atom. The van der Waals surface area contributed by atoms with E-state index in [1.807, 2.05) is 20.8 Å². The van der Waals surface area contributed by atoms with Crippen LogP contribution >= 0.6 is 0 Å². The molecule has 210 valence electrons. The highest BCUT2D eigenvalue weighted by molar-refractivity contribution is 5.15. The van der Waals surface area contributed by atoms with Crippen LogP contribution in [0.2, 0.25) is 0 Å². The molecule has 12 nitrogen and oxygen atoms in total. The standard InChI is InChI=1S/C24H42O12/c1-12-7-14(8-22(3,4)24(12,32)6-5-13(2)27)34-20-18(17(29)16(28)15(9-25)35-20)36-21-19(30)23(31,10-26)11-33-21/h5-6,12-21,25-32H,7-11H2,1-4H3/b6-5+/t12-,13-,14+,15-,16-,17+,18-,19+,20-,21+,23+,24-/m1/s1. The molecule has 2 heterocycles. The van der Waals surface area contributed by atoms with E-state index in [2.05, 4.69) is 0 Å². The summed E-state index contributed by atoms with van der Waals surface area (Å²) in [6.07, 6.45) is -7.39. The van der Waals surface area contributed by atoms with Crippen molar-refractivity contribution in [1.29, 1.82) is 0 Å². The molecule has 0 radical (unpaired) electrons. The topological polar surface area (TPSA) is 199 Å². The fourth-order valence-corrected chi connectivity index (χ4v) is 5.40. The van der Waals surface area contributed by atoms with Gasteiger partial charge in [0, 0.05) is 0 Å². The molecule has 0 aromatic heterocycles. The lowest BCUT2D eigenvalue weighted by Gasteiger charge is -2.52. The Bertz CT molecular complexity index is 761. The van der Waals surface area contributed by atoms with Gasteiger partial charge in [0.15, 0.2) is 12.6 Å². The molecule has 0 aromatic rings. The summed E-state index contributed by atoms with van der Waals surface area (Å²) >= 11 is 0. The number of aliphatic hydroxyl groups is 8. The van der Waals surface area contributed by atoms with Crippen LogP contribution in [0.4, 0.5) is 0 Å². The molecule has 0 unspecified atom stereocenters. The van der Waals surface area contributed by atoms with E-state index in [9.17, 15) is 40.9 Å². The second-order valence-corrected chi connectivity index (χ2v) is 11.1. The molecule has 12 heteroatoms. The summed E-state index contributed by atoms with van der Waals surface area (Å²) in [5.74, 6) is -0.298. The molecule has 3 rings (SSSR count). The lowest BCUT2D eigenvalue weighted by molar-refractivity contribution is -0.348. The summed E-state index contributed by atoms with van der Waals surface area (Å²) in [7, 11) is 0. The zero-order valence-electron chi connectivity index (χ0n) is 21.2. The number of ether oxygens (including phenoxy) is 4. The van der Waals surface area contributed by atoms with Gasteiger partial charge in [-0.1, -0.05) is 32.9 Å². The van der Waals surface area contributed by atoms with Gasteiger partial charge in [-0.25, -0.2) is 0 Å². The van der Waals surface area contributed by atoms with Crippen molar-refractivity contribution in [2.24, 2.45) is 11.3 Å². The maximum absolute atomic E-state index is 11.4. The van der Waals surface area contributed by atoms with Crippen LogP contribution in [0.1, 0.15) is 40.5 Å². The Kier molecular flexibility index (Phi) is 9.25. The quantitative estimate of drug-likeness (QED) is 0.160. The van der Waals surface area contributed by atoms with Crippen LogP contribution in [-0.4, -0.2) is 127 Å². The number of aliphatic hydroxyl groups excluding tert-OH is 6. The molecule has 3 aliphatic rings. The highest BCUT2D eigenvalue weighted by Gasteiger charge is 2.55. The van der Waals surface area contributed by atoms with E-state index in [0.29, 0.717) is 12.8 Å². The third-order valence-corrected chi connectivity index (χ3v) is 7.84. The smallest absolute Gasteiger partial charge is 0.187 e. The van der Waals surface area contributed by atoms with Crippen molar-refractivity contribution in [2.45, 2.75) is 107 Å². The van der Waals surface area contributed by atoms with E-state index in [4.69, 9.17) is 18.9 Å². The van der Waals surface area contributed by atoms with Gasteiger partial charge in [-0.15, -0.1) is 0 Å². The van der Waals surface area contributed by atoms with Crippen LogP contribution in [-0.2, 0) is 18.9 Å². The van der Waals surface area contributed by atoms with Crippen molar-refractivity contribution in [3.05, 3.63) is 12.2 Å². The van der Waals surface area contributed by atoms with Crippen molar-refractivity contribution in [2.75, 3.05) is 19.8 Å². The Balaban J connectivity index is 1.79. The predicted molar refractivity (Wildman–Crippen MR) is 123 cm³/mol. The van der Waals surface area contributed by atoms with Gasteiger partial charge in [0.2, 0.25) is 0 Å². The normalized spacial score (nSPS) is 48.4. The average molecular weight is 523 g/mol. The fraction of sp³-hybridized carbons (Fsp3) is 0.917. The van der Waals surface area contributed by atoms with Gasteiger partial charge >= 0.3 is 0 Å². The monoisotopic (exact) mass is 522 g/mol. The fourth-order valence-electron chi connectivity index (χ4n) is 5.40. The van der Waals surface area contributed by atoms with Crippen molar-refractivity contribution in [3.8, 4) is 0 Å². The Hall–Kier alpha value is -0.740. The molecule has 3 fully saturated rings. The molecule has 0 amide bonds. The van der Waals surface area contributed by atoms with Gasteiger partial charge in [-0.3, -0.25) is 0 Å². The molecule has 12 atom stereocenters. The van der Waals surface area contributed by atoms with Gasteiger partial charge in [0.25, 0.3) is 0 Å². The Morgan fingerprint density at radius 1 is 1.06 bits per heavy atom. The third kappa shape index (κ3) is 5.65. The zero-order chi connectivity index (χ0) is 27.1. The van der Waals surface area contributed by atoms with Gasteiger partial charge in [0.05, 0.1) is 37.6 Å². The lowest BCUT2D eigenvalue weighted by Crippen LogP contribution is -2.63. The number of hydrogen-bond donors (Lipinski definition) is 8. The molecule has 0 bridgehead atoms. The van der Waals surface area contributed by atoms with E-state index in [1.165, 1.54) is 6.08 Å². The van der Waals surface area contributed by atoms with Crippen LogP contribution in [0.5, 0.6) is 0 Å². The van der Waals surface area contributed by atoms with Crippen LogP contribution in [0.15, 0.2) is 12.2 Å². The van der Waals surface area contributed by atoms with E-state index in [1.54, 1.807) is 13.0 Å². The molecule has 0 spiro atoms. The first-order chi connectivity index (χ1) is 16.7. The summed E-state index contributed by atoms with van der Waals surface area (Å²) in [5, 5.41) is 81.9. The third-order valence-electron chi connectivity index (χ3n) is 7.84. The van der Waals surface area contributed by atoms with Crippen molar-refractivity contribution >= 4 is 0 Å². The van der Waals surface area contributed by atoms with Crippen molar-refractivity contribution < 1.29 is 59.8 Å². The second-order valence-electron chi connectivity index (χ2n) is 11.1. The first kappa shape index (κ1) is 29.8. The van der Waals surface area contributed by atoms with Crippen molar-refractivity contribution in [3.63, 3.8) is 0 Å². The lowest BCUT2D eigenvalue weighted by atomic mass is 9.59. The Labute approximate surface area is 210 Å². The van der Waals surface area contributed by atoms with Crippen LogP contribution in [0.3, 0.4) is 0 Å². The van der Waals surface area contributed by atoms with E-state index >= 15 is 0 Å². The summed E-state index contributed by atoms with van der Waals surface area (Å²) in [5.41, 5.74) is -3.88. The summed E-state index contributed by atoms with van der Waals surface area (Å²) in [6, 6.07) is 0. The SMILES string of the molecule is C[C@@H]1C[C@H](O[C@@H]2O[C@H](CO)[C@@H](O)[C@H](O)[C@H]2O[C@@H]2OC[C@@](O)(CO)[C@H]2O)CC(C)(C)[C@@]1(O)/C=C/[C@@H](C)O. The molecule has 36 heavy (non-hydrogen) atoms. The molecular formula is C24H42O12. The molecule has 1 aliphatic carbocycles. The van der Waals surface area contributed by atoms with Crippen molar-refractivity contribution in [1.82, 2.24) is 0 Å². The molecule has 0 aromatic carbocycles. The van der Waals surface area contributed by atoms with E-state index in [0.717, 1.165) is 0 Å². The minimum atomic E-state index is -1.96. The second kappa shape index (κ2) is 11.2. The highest BCUT2D eigenvalue weighted by atomic mass is 16.8. The van der Waals surface area contributed by atoms with E-state index in [-0.39, 0.29) is 5.92 Å². The number of rotatable bonds is 8. The zero-order valence-corrected chi connectivity index (χ0v) is 21.2. The Morgan fingerprint density at radius 2 is 1.72 bits per heavy atom. The molecule has 8 N–H and O–H groups in total. The molecule has 2 aliphatic heterocycles. The van der Waals surface area contributed by atoms with Crippen LogP contribution < -0.4 is 0 Å². The maximum Gasteiger partial charge on any atom is 0.187 e. The minimum absolute atomic E-state index is 0.298. The molecule has 1 saturated carbocycles. The van der Waals surface area contributed by atoms with Gasteiger partial charge in [-0.2, -0.15) is 0 Å². The summed E-state index contributed by atoms with van der Waals surface area (Å²) in [4.78, 5) is 0. The van der Waals surface area contributed by atoms with Crippen LogP contribution in [0.25, 0.3) is 0 Å². The summed E-state index contributed by atoms with van der Waals surface area (Å²) in [6.45, 7) is 5.38. The minimum Gasteiger partial charge on any atom is -0.394 e. The summed E-state index contributed by atoms with van der Waals surface area (Å²) < 4.78 is 22.9. The molecule has 2 saturated heterocycles. The van der Waals surface area contributed by atoms with E-state index < -0.39 is 91.7 Å².